The van der Waals surface area contributed by atoms with Gasteiger partial charge in [0.25, 0.3) is 0 Å². The topological polar surface area (TPSA) is 66.3 Å². The molecule has 25 heavy (non-hydrogen) atoms. The van der Waals surface area contributed by atoms with Gasteiger partial charge < -0.3 is 10.0 Å². The molecule has 0 atom stereocenters. The highest BCUT2D eigenvalue weighted by molar-refractivity contribution is 5.81. The molecule has 1 saturated carbocycles. The molecule has 5 heteroatoms. The molecule has 1 amide bonds. The lowest BCUT2D eigenvalue weighted by Crippen LogP contribution is -2.38. The number of benzene rings is 1. The quantitative estimate of drug-likeness (QED) is 0.933. The van der Waals surface area contributed by atoms with Crippen LogP contribution in [0.3, 0.4) is 0 Å². The Bertz CT molecular complexity index is 810. The molecule has 1 aliphatic carbocycles. The van der Waals surface area contributed by atoms with Crippen molar-refractivity contribution in [2.24, 2.45) is 5.92 Å². The van der Waals surface area contributed by atoms with Crippen LogP contribution in [0.4, 0.5) is 0 Å². The van der Waals surface area contributed by atoms with E-state index in [0.29, 0.717) is 6.54 Å². The van der Waals surface area contributed by atoms with E-state index in [-0.39, 0.29) is 23.5 Å². The maximum atomic E-state index is 12.5. The highest BCUT2D eigenvalue weighted by Gasteiger charge is 2.35. The van der Waals surface area contributed by atoms with Gasteiger partial charge in [-0.05, 0) is 37.1 Å². The number of hydrogen-bond acceptors (Lipinski definition) is 4. The molecule has 1 aromatic carbocycles. The second kappa shape index (κ2) is 6.14. The Balaban J connectivity index is 1.77. The number of carbonyl (C=O) groups excluding carboxylic acids is 1. The number of hydrogen-bond donors (Lipinski definition) is 1. The Hall–Kier alpha value is -2.43. The van der Waals surface area contributed by atoms with Crippen LogP contribution in [0.1, 0.15) is 49.7 Å². The second-order valence-electron chi connectivity index (χ2n) is 7.34. The summed E-state index contributed by atoms with van der Waals surface area (Å²) in [6.07, 6.45) is 2.83. The number of phenols is 1. The molecule has 130 valence electrons. The SMILES string of the molecule is CC(C)c1nc2c(c(-c3ccc(O)cc3)n1)CN(C(=O)C1CC1)CC2. The van der Waals surface area contributed by atoms with Gasteiger partial charge in [-0.2, -0.15) is 0 Å². The fourth-order valence-electron chi connectivity index (χ4n) is 3.33. The second-order valence-corrected chi connectivity index (χ2v) is 7.34. The van der Waals surface area contributed by atoms with Crippen LogP contribution in [0.25, 0.3) is 11.3 Å². The van der Waals surface area contributed by atoms with Crippen LogP contribution in [0, 0.1) is 5.92 Å². The van der Waals surface area contributed by atoms with Gasteiger partial charge in [-0.1, -0.05) is 13.8 Å². The summed E-state index contributed by atoms with van der Waals surface area (Å²) in [6.45, 7) is 5.51. The number of carbonyl (C=O) groups is 1. The smallest absolute Gasteiger partial charge is 0.225 e. The van der Waals surface area contributed by atoms with Crippen molar-refractivity contribution in [2.75, 3.05) is 6.54 Å². The molecular weight excluding hydrogens is 314 g/mol. The van der Waals surface area contributed by atoms with Gasteiger partial charge in [0.15, 0.2) is 0 Å². The molecule has 0 bridgehead atoms. The molecule has 2 aromatic rings. The summed E-state index contributed by atoms with van der Waals surface area (Å²) in [5.41, 5.74) is 3.96. The summed E-state index contributed by atoms with van der Waals surface area (Å²) in [7, 11) is 0. The zero-order chi connectivity index (χ0) is 17.6. The minimum absolute atomic E-state index is 0.231. The predicted octanol–water partition coefficient (Wildman–Crippen LogP) is 3.27. The van der Waals surface area contributed by atoms with Gasteiger partial charge in [0, 0.05) is 42.5 Å². The van der Waals surface area contributed by atoms with Crippen LogP contribution in [-0.4, -0.2) is 32.4 Å². The van der Waals surface area contributed by atoms with Crippen LogP contribution < -0.4 is 0 Å². The average Bonchev–Trinajstić information content (AvgIpc) is 3.45. The number of rotatable bonds is 3. The monoisotopic (exact) mass is 337 g/mol. The standard InChI is InChI=1S/C20H23N3O2/c1-12(2)19-21-17-9-10-23(20(25)14-3-4-14)11-16(17)18(22-19)13-5-7-15(24)8-6-13/h5-8,12,14,24H,3-4,9-11H2,1-2H3. The van der Waals surface area contributed by atoms with E-state index in [9.17, 15) is 9.90 Å². The van der Waals surface area contributed by atoms with E-state index in [1.807, 2.05) is 17.0 Å². The summed E-state index contributed by atoms with van der Waals surface area (Å²) in [5, 5.41) is 9.58. The van der Waals surface area contributed by atoms with Crippen molar-refractivity contribution in [3.05, 3.63) is 41.3 Å². The summed E-state index contributed by atoms with van der Waals surface area (Å²) in [4.78, 5) is 24.0. The highest BCUT2D eigenvalue weighted by Crippen LogP contribution is 2.35. The highest BCUT2D eigenvalue weighted by atomic mass is 16.3. The van der Waals surface area contributed by atoms with E-state index in [4.69, 9.17) is 9.97 Å². The van der Waals surface area contributed by atoms with Crippen LogP contribution in [0.5, 0.6) is 5.75 Å². The van der Waals surface area contributed by atoms with Gasteiger partial charge in [0.1, 0.15) is 11.6 Å². The third-order valence-corrected chi connectivity index (χ3v) is 4.97. The van der Waals surface area contributed by atoms with Gasteiger partial charge in [-0.15, -0.1) is 0 Å². The molecule has 1 aliphatic heterocycles. The number of amides is 1. The van der Waals surface area contributed by atoms with Gasteiger partial charge >= 0.3 is 0 Å². The lowest BCUT2D eigenvalue weighted by Gasteiger charge is -2.30. The van der Waals surface area contributed by atoms with E-state index in [1.54, 1.807) is 12.1 Å². The van der Waals surface area contributed by atoms with E-state index < -0.39 is 0 Å². The molecule has 1 fully saturated rings. The first kappa shape index (κ1) is 16.1. The molecule has 1 aromatic heterocycles. The fourth-order valence-corrected chi connectivity index (χ4v) is 3.33. The summed E-state index contributed by atoms with van der Waals surface area (Å²) >= 11 is 0. The van der Waals surface area contributed by atoms with Crippen molar-refractivity contribution in [3.8, 4) is 17.0 Å². The van der Waals surface area contributed by atoms with E-state index >= 15 is 0 Å². The van der Waals surface area contributed by atoms with E-state index in [0.717, 1.165) is 54.1 Å². The van der Waals surface area contributed by atoms with Crippen LogP contribution in [0.15, 0.2) is 24.3 Å². The van der Waals surface area contributed by atoms with E-state index in [1.165, 1.54) is 0 Å². The molecule has 0 spiro atoms. The number of aromatic nitrogens is 2. The Labute approximate surface area is 147 Å². The van der Waals surface area contributed by atoms with Crippen LogP contribution in [0.2, 0.25) is 0 Å². The zero-order valence-electron chi connectivity index (χ0n) is 14.7. The van der Waals surface area contributed by atoms with Crippen molar-refractivity contribution >= 4 is 5.91 Å². The Kier molecular flexibility index (Phi) is 3.94. The third kappa shape index (κ3) is 3.11. The lowest BCUT2D eigenvalue weighted by atomic mass is 9.98. The fraction of sp³-hybridized carbons (Fsp3) is 0.450. The number of fused-ring (bicyclic) bond motifs is 1. The minimum atomic E-state index is 0.231. The maximum absolute atomic E-state index is 12.5. The van der Waals surface area contributed by atoms with Crippen molar-refractivity contribution in [3.63, 3.8) is 0 Å². The van der Waals surface area contributed by atoms with Gasteiger partial charge in [-0.25, -0.2) is 9.97 Å². The van der Waals surface area contributed by atoms with Crippen LogP contribution in [-0.2, 0) is 17.8 Å². The van der Waals surface area contributed by atoms with E-state index in [2.05, 4.69) is 13.8 Å². The summed E-state index contributed by atoms with van der Waals surface area (Å²) < 4.78 is 0. The average molecular weight is 337 g/mol. The first-order valence-electron chi connectivity index (χ1n) is 9.01. The largest absolute Gasteiger partial charge is 0.508 e. The molecule has 5 nitrogen and oxygen atoms in total. The number of nitrogens with zero attached hydrogens (tertiary/aromatic N) is 3. The number of aromatic hydroxyl groups is 1. The van der Waals surface area contributed by atoms with Crippen LogP contribution >= 0.6 is 0 Å². The molecular formula is C20H23N3O2. The zero-order valence-corrected chi connectivity index (χ0v) is 14.7. The van der Waals surface area contributed by atoms with Crippen molar-refractivity contribution < 1.29 is 9.90 Å². The maximum Gasteiger partial charge on any atom is 0.225 e. The Morgan fingerprint density at radius 1 is 1.20 bits per heavy atom. The predicted molar refractivity (Wildman–Crippen MR) is 95.1 cm³/mol. The van der Waals surface area contributed by atoms with Crippen molar-refractivity contribution in [1.29, 1.82) is 0 Å². The normalized spacial score (nSPS) is 16.8. The molecule has 2 aliphatic rings. The Morgan fingerprint density at radius 2 is 1.92 bits per heavy atom. The summed E-state index contributed by atoms with van der Waals surface area (Å²) in [6, 6.07) is 7.11. The molecule has 0 radical (unpaired) electrons. The molecule has 0 saturated heterocycles. The summed E-state index contributed by atoms with van der Waals surface area (Å²) in [5.74, 6) is 1.82. The Morgan fingerprint density at radius 3 is 2.56 bits per heavy atom. The minimum Gasteiger partial charge on any atom is -0.508 e. The first-order chi connectivity index (χ1) is 12.0. The molecule has 0 unspecified atom stereocenters. The first-order valence-corrected chi connectivity index (χ1v) is 9.01. The van der Waals surface area contributed by atoms with Gasteiger partial charge in [0.2, 0.25) is 5.91 Å². The van der Waals surface area contributed by atoms with Crippen molar-refractivity contribution in [2.45, 2.75) is 45.6 Å². The number of phenolic OH excluding ortho intramolecular Hbond substituents is 1. The lowest BCUT2D eigenvalue weighted by molar-refractivity contribution is -0.133. The molecule has 2 heterocycles. The molecule has 4 rings (SSSR count). The van der Waals surface area contributed by atoms with Gasteiger partial charge in [-0.3, -0.25) is 4.79 Å². The van der Waals surface area contributed by atoms with Crippen molar-refractivity contribution in [1.82, 2.24) is 14.9 Å². The van der Waals surface area contributed by atoms with Gasteiger partial charge in [0.05, 0.1) is 11.4 Å². The third-order valence-electron chi connectivity index (χ3n) is 4.97. The molecule has 1 N–H and O–H groups in total.